The number of carbonyl (C=O) groups is 1. The van der Waals surface area contributed by atoms with Crippen LogP contribution < -0.4 is 0 Å². The Kier molecular flexibility index (Phi) is 5.65. The number of aryl methyl sites for hydroxylation is 1. The number of hydrogen-bond donors (Lipinski definition) is 0. The number of halogens is 2. The fourth-order valence-corrected chi connectivity index (χ4v) is 4.99. The van der Waals surface area contributed by atoms with Gasteiger partial charge in [-0.1, -0.05) is 71.7 Å². The van der Waals surface area contributed by atoms with Crippen LogP contribution in [0.25, 0.3) is 22.0 Å². The summed E-state index contributed by atoms with van der Waals surface area (Å²) in [5.74, 6) is -0.134. The average molecular weight is 474 g/mol. The molecule has 0 unspecified atom stereocenters. The molecule has 0 spiro atoms. The number of carbonyl (C=O) groups excluding carboxylic acids is 1. The zero-order chi connectivity index (χ0) is 23.1. The van der Waals surface area contributed by atoms with E-state index in [0.29, 0.717) is 16.5 Å². The van der Waals surface area contributed by atoms with Crippen LogP contribution >= 0.6 is 23.2 Å². The highest BCUT2D eigenvalue weighted by molar-refractivity contribution is 6.32. The summed E-state index contributed by atoms with van der Waals surface area (Å²) < 4.78 is 0. The molecule has 0 N–H and O–H groups in total. The lowest BCUT2D eigenvalue weighted by molar-refractivity contribution is -0.130. The van der Waals surface area contributed by atoms with Gasteiger partial charge in [0, 0.05) is 45.6 Å². The Morgan fingerprint density at radius 2 is 1.70 bits per heavy atom. The van der Waals surface area contributed by atoms with Crippen molar-refractivity contribution in [3.63, 3.8) is 0 Å². The molecule has 1 aromatic heterocycles. The highest BCUT2D eigenvalue weighted by atomic mass is 35.5. The molecule has 4 aromatic rings. The lowest BCUT2D eigenvalue weighted by Crippen LogP contribution is -2.24. The third kappa shape index (κ3) is 3.90. The number of hydrazone groups is 1. The van der Waals surface area contributed by atoms with Crippen molar-refractivity contribution in [3.8, 4) is 11.1 Å². The Labute approximate surface area is 202 Å². The minimum Gasteiger partial charge on any atom is -0.273 e. The molecule has 6 heteroatoms. The number of benzene rings is 3. The predicted molar refractivity (Wildman–Crippen MR) is 135 cm³/mol. The molecular formula is C27H21Cl2N3O. The second-order valence-electron chi connectivity index (χ2n) is 8.13. The van der Waals surface area contributed by atoms with Crippen molar-refractivity contribution in [2.24, 2.45) is 5.10 Å². The molecule has 0 saturated carbocycles. The monoisotopic (exact) mass is 473 g/mol. The maximum absolute atomic E-state index is 12.6. The fraction of sp³-hybridized carbons (Fsp3) is 0.148. The van der Waals surface area contributed by atoms with Crippen molar-refractivity contribution < 1.29 is 4.79 Å². The summed E-state index contributed by atoms with van der Waals surface area (Å²) in [6.07, 6.45) is 0.539. The zero-order valence-electron chi connectivity index (χ0n) is 18.2. The average Bonchev–Trinajstić information content (AvgIpc) is 3.24. The van der Waals surface area contributed by atoms with Crippen LogP contribution in [0.5, 0.6) is 0 Å². The minimum absolute atomic E-state index is 0.134. The van der Waals surface area contributed by atoms with E-state index in [1.807, 2.05) is 67.6 Å². The molecule has 2 heterocycles. The summed E-state index contributed by atoms with van der Waals surface area (Å²) in [5, 5.41) is 8.55. The van der Waals surface area contributed by atoms with Gasteiger partial charge < -0.3 is 0 Å². The maximum atomic E-state index is 12.6. The first-order valence-electron chi connectivity index (χ1n) is 10.7. The van der Waals surface area contributed by atoms with E-state index in [-0.39, 0.29) is 11.9 Å². The fourth-order valence-electron chi connectivity index (χ4n) is 4.56. The largest absolute Gasteiger partial charge is 0.273 e. The quantitative estimate of drug-likeness (QED) is 0.315. The molecule has 1 atom stereocenters. The van der Waals surface area contributed by atoms with Gasteiger partial charge >= 0.3 is 0 Å². The molecule has 1 aliphatic heterocycles. The summed E-state index contributed by atoms with van der Waals surface area (Å²) in [6.45, 7) is 3.51. The lowest BCUT2D eigenvalue weighted by atomic mass is 9.89. The normalized spacial score (nSPS) is 15.7. The second-order valence-corrected chi connectivity index (χ2v) is 8.97. The summed E-state index contributed by atoms with van der Waals surface area (Å²) >= 11 is 12.9. The number of hydrogen-bond acceptors (Lipinski definition) is 3. The van der Waals surface area contributed by atoms with Crippen LogP contribution in [0, 0.1) is 6.92 Å². The Morgan fingerprint density at radius 1 is 0.970 bits per heavy atom. The van der Waals surface area contributed by atoms with E-state index in [1.165, 1.54) is 11.9 Å². The molecule has 1 amide bonds. The number of pyridine rings is 1. The molecule has 0 saturated heterocycles. The molecule has 33 heavy (non-hydrogen) atoms. The van der Waals surface area contributed by atoms with Gasteiger partial charge in [-0.2, -0.15) is 5.10 Å². The summed E-state index contributed by atoms with van der Waals surface area (Å²) in [4.78, 5) is 17.4. The van der Waals surface area contributed by atoms with Crippen molar-refractivity contribution in [3.05, 3.63) is 99.7 Å². The Morgan fingerprint density at radius 3 is 2.42 bits per heavy atom. The second kappa shape index (κ2) is 8.62. The molecule has 1 aliphatic rings. The SMILES string of the molecule is CC(=O)N1N=C(c2c(C)nc3ccc(Cl)cc3c2-c2ccccc2)C[C@@H]1c1ccccc1Cl. The van der Waals surface area contributed by atoms with Gasteiger partial charge in [-0.25, -0.2) is 5.01 Å². The first-order valence-corrected chi connectivity index (χ1v) is 11.5. The predicted octanol–water partition coefficient (Wildman–Crippen LogP) is 7.21. The van der Waals surface area contributed by atoms with Gasteiger partial charge in [0.25, 0.3) is 0 Å². The van der Waals surface area contributed by atoms with Crippen molar-refractivity contribution in [2.75, 3.05) is 0 Å². The van der Waals surface area contributed by atoms with Gasteiger partial charge in [-0.05, 0) is 42.3 Å². The molecule has 5 rings (SSSR count). The molecule has 0 aliphatic carbocycles. The molecule has 0 fully saturated rings. The van der Waals surface area contributed by atoms with Gasteiger partial charge in [-0.3, -0.25) is 9.78 Å². The Hall–Kier alpha value is -3.21. The molecule has 4 nitrogen and oxygen atoms in total. The van der Waals surface area contributed by atoms with Crippen LogP contribution in [0.1, 0.15) is 36.2 Å². The van der Waals surface area contributed by atoms with Gasteiger partial charge in [0.2, 0.25) is 5.91 Å². The topological polar surface area (TPSA) is 45.6 Å². The van der Waals surface area contributed by atoms with Crippen molar-refractivity contribution in [1.29, 1.82) is 0 Å². The number of aromatic nitrogens is 1. The van der Waals surface area contributed by atoms with Gasteiger partial charge in [0.15, 0.2) is 0 Å². The Balaban J connectivity index is 1.75. The van der Waals surface area contributed by atoms with Crippen molar-refractivity contribution in [2.45, 2.75) is 26.3 Å². The first-order chi connectivity index (χ1) is 15.9. The van der Waals surface area contributed by atoms with Crippen LogP contribution in [-0.2, 0) is 4.79 Å². The standard InChI is InChI=1S/C27H21Cl2N3O/c1-16-26(24-15-25(32(31-24)17(2)33)20-10-6-7-11-22(20)29)27(18-8-4-3-5-9-18)21-14-19(28)12-13-23(21)30-16/h3-14,25H,15H2,1-2H3/t25-/m1/s1. The smallest absolute Gasteiger partial charge is 0.240 e. The van der Waals surface area contributed by atoms with E-state index in [9.17, 15) is 4.79 Å². The zero-order valence-corrected chi connectivity index (χ0v) is 19.7. The van der Waals surface area contributed by atoms with E-state index < -0.39 is 0 Å². The van der Waals surface area contributed by atoms with Gasteiger partial charge in [0.1, 0.15) is 0 Å². The maximum Gasteiger partial charge on any atom is 0.240 e. The van der Waals surface area contributed by atoms with E-state index >= 15 is 0 Å². The molecule has 0 radical (unpaired) electrons. The highest BCUT2D eigenvalue weighted by Crippen LogP contribution is 2.41. The number of amides is 1. The summed E-state index contributed by atoms with van der Waals surface area (Å²) in [5.41, 5.74) is 6.39. The molecule has 3 aromatic carbocycles. The number of nitrogens with zero attached hydrogens (tertiary/aromatic N) is 3. The number of fused-ring (bicyclic) bond motifs is 1. The van der Waals surface area contributed by atoms with Gasteiger partial charge in [-0.15, -0.1) is 0 Å². The van der Waals surface area contributed by atoms with E-state index in [4.69, 9.17) is 33.3 Å². The molecule has 0 bridgehead atoms. The lowest BCUT2D eigenvalue weighted by Gasteiger charge is -2.21. The molecular weight excluding hydrogens is 453 g/mol. The van der Waals surface area contributed by atoms with Crippen LogP contribution in [0.2, 0.25) is 10.0 Å². The van der Waals surface area contributed by atoms with Crippen molar-refractivity contribution in [1.82, 2.24) is 9.99 Å². The first kappa shape index (κ1) is 21.6. The summed E-state index contributed by atoms with van der Waals surface area (Å²) in [6, 6.07) is 23.2. The highest BCUT2D eigenvalue weighted by Gasteiger charge is 2.34. The third-order valence-electron chi connectivity index (χ3n) is 5.98. The molecule has 164 valence electrons. The Bertz CT molecular complexity index is 1420. The minimum atomic E-state index is -0.274. The van der Waals surface area contributed by atoms with Crippen LogP contribution in [0.4, 0.5) is 0 Å². The summed E-state index contributed by atoms with van der Waals surface area (Å²) in [7, 11) is 0. The van der Waals surface area contributed by atoms with E-state index in [1.54, 1.807) is 0 Å². The van der Waals surface area contributed by atoms with Crippen LogP contribution in [0.3, 0.4) is 0 Å². The van der Waals surface area contributed by atoms with Crippen LogP contribution in [0.15, 0.2) is 77.9 Å². The third-order valence-corrected chi connectivity index (χ3v) is 6.56. The van der Waals surface area contributed by atoms with Crippen molar-refractivity contribution >= 4 is 45.7 Å². The van der Waals surface area contributed by atoms with Gasteiger partial charge in [0.05, 0.1) is 17.3 Å². The van der Waals surface area contributed by atoms with E-state index in [0.717, 1.165) is 44.6 Å². The number of rotatable bonds is 3. The van der Waals surface area contributed by atoms with E-state index in [2.05, 4.69) is 12.1 Å². The van der Waals surface area contributed by atoms with Crippen LogP contribution in [-0.4, -0.2) is 21.6 Å².